The average Bonchev–Trinajstić information content (AvgIpc) is 2.68. The molecule has 0 radical (unpaired) electrons. The van der Waals surface area contributed by atoms with Gasteiger partial charge in [-0.1, -0.05) is 0 Å². The van der Waals surface area contributed by atoms with Crippen molar-refractivity contribution in [2.24, 2.45) is 0 Å². The largest absolute Gasteiger partial charge is 0.370 e. The molecule has 2 heterocycles. The normalized spacial score (nSPS) is 21.8. The van der Waals surface area contributed by atoms with E-state index in [1.807, 2.05) is 11.3 Å². The first-order valence-corrected chi connectivity index (χ1v) is 4.59. The van der Waals surface area contributed by atoms with Crippen molar-refractivity contribution >= 4 is 16.3 Å². The highest BCUT2D eigenvalue weighted by Gasteiger charge is 2.23. The van der Waals surface area contributed by atoms with Gasteiger partial charge in [-0.2, -0.15) is 0 Å². The molecule has 0 unspecified atom stereocenters. The molecule has 0 aromatic carbocycles. The fourth-order valence-corrected chi connectivity index (χ4v) is 2.04. The van der Waals surface area contributed by atoms with Gasteiger partial charge in [0, 0.05) is 25.5 Å². The monoisotopic (exact) mass is 168 g/mol. The minimum atomic E-state index is 0.661. The van der Waals surface area contributed by atoms with Crippen LogP contribution in [0.25, 0.3) is 0 Å². The summed E-state index contributed by atoms with van der Waals surface area (Å²) in [6.07, 6.45) is 0. The number of nitrogens with one attached hydrogen (secondary N) is 1. The van der Waals surface area contributed by atoms with Crippen LogP contribution in [0.2, 0.25) is 0 Å². The molecule has 1 saturated heterocycles. The van der Waals surface area contributed by atoms with Crippen LogP contribution < -0.4 is 10.2 Å². The highest BCUT2D eigenvalue weighted by Crippen LogP contribution is 2.32. The molecule has 2 rings (SSSR count). The Labute approximate surface area is 70.8 Å². The lowest BCUT2D eigenvalue weighted by molar-refractivity contribution is 1.12. The Kier molecular flexibility index (Phi) is 1.62. The van der Waals surface area contributed by atoms with Crippen LogP contribution in [0.4, 0.5) is 5.00 Å². The van der Waals surface area contributed by atoms with Crippen LogP contribution in [0.3, 0.4) is 0 Å². The van der Waals surface area contributed by atoms with E-state index in [4.69, 9.17) is 0 Å². The molecule has 3 heteroatoms. The quantitative estimate of drug-likeness (QED) is 0.676. The Morgan fingerprint density at radius 2 is 2.27 bits per heavy atom. The van der Waals surface area contributed by atoms with Gasteiger partial charge in [0.05, 0.1) is 11.0 Å². The fraction of sp³-hybridized carbons (Fsp3) is 0.500. The minimum Gasteiger partial charge on any atom is -0.370 e. The smallest absolute Gasteiger partial charge is 0.0906 e. The Bertz CT molecular complexity index is 234. The highest BCUT2D eigenvalue weighted by molar-refractivity contribution is 7.16. The summed E-state index contributed by atoms with van der Waals surface area (Å²) in [6, 6.07) is 5.05. The van der Waals surface area contributed by atoms with Gasteiger partial charge < -0.3 is 10.2 Å². The molecule has 0 saturated carbocycles. The Morgan fingerprint density at radius 1 is 1.55 bits per heavy atom. The van der Waals surface area contributed by atoms with Gasteiger partial charge in [0.2, 0.25) is 0 Å². The molecule has 11 heavy (non-hydrogen) atoms. The van der Waals surface area contributed by atoms with Gasteiger partial charge in [-0.25, -0.2) is 0 Å². The van der Waals surface area contributed by atoms with Crippen LogP contribution in [0.15, 0.2) is 12.1 Å². The maximum Gasteiger partial charge on any atom is 0.0906 e. The van der Waals surface area contributed by atoms with Crippen LogP contribution in [-0.2, 0) is 0 Å². The van der Waals surface area contributed by atoms with E-state index >= 15 is 0 Å². The van der Waals surface area contributed by atoms with Crippen molar-refractivity contribution in [2.45, 2.75) is 6.04 Å². The SMILES string of the molecule is CN(C)c1ccc([C@H]2CN2)s1. The molecule has 1 atom stereocenters. The van der Waals surface area contributed by atoms with E-state index in [0.29, 0.717) is 6.04 Å². The third kappa shape index (κ3) is 1.39. The molecule has 0 spiro atoms. The van der Waals surface area contributed by atoms with E-state index in [0.717, 1.165) is 6.54 Å². The number of anilines is 1. The summed E-state index contributed by atoms with van der Waals surface area (Å²) in [6.45, 7) is 1.16. The summed E-state index contributed by atoms with van der Waals surface area (Å²) < 4.78 is 0. The Morgan fingerprint density at radius 3 is 2.73 bits per heavy atom. The molecule has 0 bridgehead atoms. The maximum atomic E-state index is 3.29. The Balaban J connectivity index is 2.18. The summed E-state index contributed by atoms with van der Waals surface area (Å²) >= 11 is 1.87. The molecule has 1 N–H and O–H groups in total. The molecule has 0 aliphatic carbocycles. The number of thiophene rings is 1. The first kappa shape index (κ1) is 7.13. The lowest BCUT2D eigenvalue weighted by atomic mass is 10.4. The van der Waals surface area contributed by atoms with Crippen LogP contribution in [-0.4, -0.2) is 20.6 Å². The van der Waals surface area contributed by atoms with Crippen LogP contribution in [0, 0.1) is 0 Å². The summed E-state index contributed by atoms with van der Waals surface area (Å²) in [5.74, 6) is 0. The van der Waals surface area contributed by atoms with E-state index in [1.54, 1.807) is 0 Å². The summed E-state index contributed by atoms with van der Waals surface area (Å²) in [5, 5.41) is 4.64. The fourth-order valence-electron chi connectivity index (χ4n) is 1.03. The molecule has 1 aliphatic rings. The molecular formula is C8H12N2S. The van der Waals surface area contributed by atoms with Gasteiger partial charge in [0.15, 0.2) is 0 Å². The van der Waals surface area contributed by atoms with Crippen LogP contribution >= 0.6 is 11.3 Å². The molecule has 1 aromatic rings. The third-order valence-electron chi connectivity index (χ3n) is 1.81. The zero-order chi connectivity index (χ0) is 7.84. The predicted octanol–water partition coefficient (Wildman–Crippen LogP) is 1.46. The molecule has 1 fully saturated rings. The van der Waals surface area contributed by atoms with Gasteiger partial charge >= 0.3 is 0 Å². The van der Waals surface area contributed by atoms with E-state index in [2.05, 4.69) is 36.4 Å². The van der Waals surface area contributed by atoms with Crippen molar-refractivity contribution in [1.82, 2.24) is 5.32 Å². The maximum absolute atomic E-state index is 3.29. The molecule has 1 aromatic heterocycles. The van der Waals surface area contributed by atoms with Gasteiger partial charge in [-0.15, -0.1) is 11.3 Å². The van der Waals surface area contributed by atoms with Crippen molar-refractivity contribution in [3.63, 3.8) is 0 Å². The number of rotatable bonds is 2. The predicted molar refractivity (Wildman–Crippen MR) is 49.4 cm³/mol. The first-order chi connectivity index (χ1) is 5.27. The van der Waals surface area contributed by atoms with Crippen molar-refractivity contribution < 1.29 is 0 Å². The minimum absolute atomic E-state index is 0.661. The van der Waals surface area contributed by atoms with Gasteiger partial charge in [-0.3, -0.25) is 0 Å². The zero-order valence-electron chi connectivity index (χ0n) is 6.79. The number of hydrogen-bond donors (Lipinski definition) is 1. The van der Waals surface area contributed by atoms with Crippen LogP contribution in [0.5, 0.6) is 0 Å². The lowest BCUT2D eigenvalue weighted by Gasteiger charge is -2.06. The summed E-state index contributed by atoms with van der Waals surface area (Å²) in [4.78, 5) is 3.62. The third-order valence-corrected chi connectivity index (χ3v) is 3.17. The van der Waals surface area contributed by atoms with Gasteiger partial charge in [0.25, 0.3) is 0 Å². The van der Waals surface area contributed by atoms with Crippen molar-refractivity contribution in [1.29, 1.82) is 0 Å². The number of hydrogen-bond acceptors (Lipinski definition) is 3. The molecule has 0 amide bonds. The van der Waals surface area contributed by atoms with Gasteiger partial charge in [-0.05, 0) is 12.1 Å². The average molecular weight is 168 g/mol. The lowest BCUT2D eigenvalue weighted by Crippen LogP contribution is -2.05. The highest BCUT2D eigenvalue weighted by atomic mass is 32.1. The van der Waals surface area contributed by atoms with E-state index in [-0.39, 0.29) is 0 Å². The number of nitrogens with zero attached hydrogens (tertiary/aromatic N) is 1. The van der Waals surface area contributed by atoms with E-state index in [1.165, 1.54) is 9.88 Å². The van der Waals surface area contributed by atoms with Gasteiger partial charge in [0.1, 0.15) is 0 Å². The van der Waals surface area contributed by atoms with E-state index < -0.39 is 0 Å². The van der Waals surface area contributed by atoms with Crippen molar-refractivity contribution in [3.05, 3.63) is 17.0 Å². The second-order valence-electron chi connectivity index (χ2n) is 3.03. The molecule has 2 nitrogen and oxygen atoms in total. The van der Waals surface area contributed by atoms with Crippen molar-refractivity contribution in [3.8, 4) is 0 Å². The topological polar surface area (TPSA) is 25.2 Å². The zero-order valence-corrected chi connectivity index (χ0v) is 7.61. The second-order valence-corrected chi connectivity index (χ2v) is 4.13. The van der Waals surface area contributed by atoms with E-state index in [9.17, 15) is 0 Å². The molecular weight excluding hydrogens is 156 g/mol. The standard InChI is InChI=1S/C8H12N2S/c1-10(2)8-4-3-7(11-8)6-5-9-6/h3-4,6,9H,5H2,1-2H3/t6-/m1/s1. The second kappa shape index (κ2) is 2.50. The van der Waals surface area contributed by atoms with Crippen LogP contribution in [0.1, 0.15) is 10.9 Å². The summed E-state index contributed by atoms with van der Waals surface area (Å²) in [7, 11) is 4.16. The van der Waals surface area contributed by atoms with Crippen molar-refractivity contribution in [2.75, 3.05) is 25.5 Å². The molecule has 60 valence electrons. The molecule has 1 aliphatic heterocycles. The summed E-state index contributed by atoms with van der Waals surface area (Å²) in [5.41, 5.74) is 0. The Hall–Kier alpha value is -0.540. The first-order valence-electron chi connectivity index (χ1n) is 3.78.